The van der Waals surface area contributed by atoms with Gasteiger partial charge in [-0.3, -0.25) is 14.4 Å². The molecule has 1 aliphatic carbocycles. The second-order valence-electron chi connectivity index (χ2n) is 8.48. The summed E-state index contributed by atoms with van der Waals surface area (Å²) in [6.07, 6.45) is 4.47. The summed E-state index contributed by atoms with van der Waals surface area (Å²) in [5, 5.41) is 15.6. The van der Waals surface area contributed by atoms with Crippen LogP contribution in [0.5, 0.6) is 0 Å². The molecule has 1 saturated carbocycles. The first-order chi connectivity index (χ1) is 15.3. The van der Waals surface area contributed by atoms with Crippen molar-refractivity contribution in [3.05, 3.63) is 45.8 Å². The number of benzene rings is 1. The van der Waals surface area contributed by atoms with Crippen LogP contribution in [-0.2, 0) is 14.3 Å². The fourth-order valence-corrected chi connectivity index (χ4v) is 5.62. The summed E-state index contributed by atoms with van der Waals surface area (Å²) in [6, 6.07) is 8.78. The molecule has 2 N–H and O–H groups in total. The quantitative estimate of drug-likeness (QED) is 0.656. The minimum atomic E-state index is -0.697. The summed E-state index contributed by atoms with van der Waals surface area (Å²) in [6.45, 7) is 3.76. The van der Waals surface area contributed by atoms with Gasteiger partial charge in [-0.25, -0.2) is 0 Å². The molecule has 1 spiro atoms. The molecule has 0 bridgehead atoms. The topological polar surface area (TPSA) is 108 Å². The zero-order valence-corrected chi connectivity index (χ0v) is 18.9. The number of nitriles is 1. The van der Waals surface area contributed by atoms with Crippen LogP contribution in [0.3, 0.4) is 0 Å². The number of amides is 2. The first-order valence-electron chi connectivity index (χ1n) is 10.8. The summed E-state index contributed by atoms with van der Waals surface area (Å²) in [5.74, 6) is -1.47. The van der Waals surface area contributed by atoms with Crippen LogP contribution in [0.1, 0.15) is 64.9 Å². The van der Waals surface area contributed by atoms with E-state index in [1.165, 1.54) is 11.3 Å². The van der Waals surface area contributed by atoms with Crippen LogP contribution in [0.2, 0.25) is 0 Å². The van der Waals surface area contributed by atoms with Crippen molar-refractivity contribution in [1.29, 1.82) is 5.26 Å². The molecule has 1 aromatic carbocycles. The number of carbonyl (C=O) groups excluding carboxylic acids is 3. The Morgan fingerprint density at radius 2 is 1.94 bits per heavy atom. The monoisotopic (exact) mass is 451 g/mol. The third-order valence-electron chi connectivity index (χ3n) is 6.46. The van der Waals surface area contributed by atoms with Gasteiger partial charge >= 0.3 is 5.97 Å². The minimum Gasteiger partial charge on any atom is -0.458 e. The highest BCUT2D eigenvalue weighted by Gasteiger charge is 2.52. The van der Waals surface area contributed by atoms with Gasteiger partial charge < -0.3 is 15.4 Å². The van der Waals surface area contributed by atoms with Gasteiger partial charge in [0.25, 0.3) is 5.91 Å². The van der Waals surface area contributed by atoms with Crippen molar-refractivity contribution in [2.45, 2.75) is 58.0 Å². The van der Waals surface area contributed by atoms with E-state index in [-0.39, 0.29) is 24.2 Å². The Kier molecular flexibility index (Phi) is 6.02. The molecule has 2 aromatic rings. The molecule has 8 heteroatoms. The Hall–Kier alpha value is -3.18. The van der Waals surface area contributed by atoms with Crippen molar-refractivity contribution in [3.63, 3.8) is 0 Å². The van der Waals surface area contributed by atoms with Crippen LogP contribution in [0.25, 0.3) is 0 Å². The fraction of sp³-hybridized carbons (Fsp3) is 0.417. The molecule has 0 radical (unpaired) electrons. The van der Waals surface area contributed by atoms with Gasteiger partial charge in [0.05, 0.1) is 17.9 Å². The SMILES string of the molecule is Cc1sc(NC(=O)c2cccc(NC(=O)[C@@H]3CC(=O)OC34CCCCC4)c2)c(C#N)c1C. The number of hydrogen-bond acceptors (Lipinski definition) is 6. The maximum absolute atomic E-state index is 13.1. The molecular formula is C24H25N3O4S. The molecule has 2 fully saturated rings. The average molecular weight is 452 g/mol. The Balaban J connectivity index is 1.49. The van der Waals surface area contributed by atoms with E-state index in [1.54, 1.807) is 24.3 Å². The van der Waals surface area contributed by atoms with Crippen LogP contribution in [0.4, 0.5) is 10.7 Å². The van der Waals surface area contributed by atoms with Gasteiger partial charge in [-0.1, -0.05) is 12.5 Å². The number of nitrogens with zero attached hydrogens (tertiary/aromatic N) is 1. The van der Waals surface area contributed by atoms with Gasteiger partial charge in [-0.2, -0.15) is 5.26 Å². The van der Waals surface area contributed by atoms with E-state index in [0.717, 1.165) is 29.7 Å². The zero-order valence-electron chi connectivity index (χ0n) is 18.1. The van der Waals surface area contributed by atoms with Crippen LogP contribution in [0, 0.1) is 31.1 Å². The number of anilines is 2. The number of thiophene rings is 1. The molecule has 1 aliphatic heterocycles. The predicted octanol–water partition coefficient (Wildman–Crippen LogP) is 4.69. The fourth-order valence-electron chi connectivity index (χ4n) is 4.62. The third kappa shape index (κ3) is 4.13. The second kappa shape index (κ2) is 8.75. The zero-order chi connectivity index (χ0) is 22.9. The molecule has 1 saturated heterocycles. The lowest BCUT2D eigenvalue weighted by Gasteiger charge is -2.36. The molecule has 2 aliphatic rings. The van der Waals surface area contributed by atoms with Gasteiger partial charge in [-0.15, -0.1) is 11.3 Å². The maximum Gasteiger partial charge on any atom is 0.307 e. The predicted molar refractivity (Wildman–Crippen MR) is 122 cm³/mol. The van der Waals surface area contributed by atoms with E-state index in [2.05, 4.69) is 16.7 Å². The first kappa shape index (κ1) is 22.0. The van der Waals surface area contributed by atoms with Crippen molar-refractivity contribution in [2.75, 3.05) is 10.6 Å². The maximum atomic E-state index is 13.1. The Bertz CT molecular complexity index is 1120. The Morgan fingerprint density at radius 1 is 1.19 bits per heavy atom. The third-order valence-corrected chi connectivity index (χ3v) is 7.58. The largest absolute Gasteiger partial charge is 0.458 e. The first-order valence-corrected chi connectivity index (χ1v) is 11.6. The van der Waals surface area contributed by atoms with Crippen LogP contribution >= 0.6 is 11.3 Å². The number of carbonyl (C=O) groups is 3. The number of esters is 1. The summed E-state index contributed by atoms with van der Waals surface area (Å²) in [7, 11) is 0. The summed E-state index contributed by atoms with van der Waals surface area (Å²) in [5.41, 5.74) is 1.47. The normalized spacial score (nSPS) is 19.3. The van der Waals surface area contributed by atoms with Gasteiger partial charge in [0.2, 0.25) is 5.91 Å². The number of hydrogen-bond donors (Lipinski definition) is 2. The van der Waals surface area contributed by atoms with Gasteiger partial charge in [0.15, 0.2) is 0 Å². The van der Waals surface area contributed by atoms with Gasteiger partial charge in [0.1, 0.15) is 16.7 Å². The lowest BCUT2D eigenvalue weighted by Crippen LogP contribution is -2.43. The van der Waals surface area contributed by atoms with Crippen molar-refractivity contribution in [1.82, 2.24) is 0 Å². The highest BCUT2D eigenvalue weighted by Crippen LogP contribution is 2.44. The smallest absolute Gasteiger partial charge is 0.307 e. The second-order valence-corrected chi connectivity index (χ2v) is 9.70. The molecule has 0 unspecified atom stereocenters. The average Bonchev–Trinajstić information content (AvgIpc) is 3.23. The number of nitrogens with one attached hydrogen (secondary N) is 2. The lowest BCUT2D eigenvalue weighted by molar-refractivity contribution is -0.153. The van der Waals surface area contributed by atoms with E-state index in [4.69, 9.17) is 4.74 Å². The van der Waals surface area contributed by atoms with E-state index in [1.807, 2.05) is 13.8 Å². The lowest BCUT2D eigenvalue weighted by atomic mass is 9.75. The molecule has 7 nitrogen and oxygen atoms in total. The molecular weight excluding hydrogens is 426 g/mol. The number of rotatable bonds is 4. The highest BCUT2D eigenvalue weighted by molar-refractivity contribution is 7.16. The van der Waals surface area contributed by atoms with Crippen molar-refractivity contribution < 1.29 is 19.1 Å². The van der Waals surface area contributed by atoms with Crippen molar-refractivity contribution in [3.8, 4) is 6.07 Å². The molecule has 1 aromatic heterocycles. The molecule has 4 rings (SSSR count). The summed E-state index contributed by atoms with van der Waals surface area (Å²) >= 11 is 1.36. The van der Waals surface area contributed by atoms with Crippen LogP contribution in [-0.4, -0.2) is 23.4 Å². The summed E-state index contributed by atoms with van der Waals surface area (Å²) in [4.78, 5) is 38.8. The van der Waals surface area contributed by atoms with Gasteiger partial charge in [0, 0.05) is 16.1 Å². The number of ether oxygens (including phenoxy) is 1. The standard InChI is InChI=1S/C24H25N3O4S/c1-14-15(2)32-23(18(14)13-25)27-21(29)16-7-6-8-17(11-16)26-22(30)19-12-20(28)31-24(19)9-4-3-5-10-24/h6-8,11,19H,3-5,9-10,12H2,1-2H3,(H,26,30)(H,27,29)/t19-/m0/s1. The molecule has 1 atom stereocenters. The molecule has 2 amide bonds. The molecule has 32 heavy (non-hydrogen) atoms. The molecule has 166 valence electrons. The van der Waals surface area contributed by atoms with E-state index >= 15 is 0 Å². The minimum absolute atomic E-state index is 0.0834. The van der Waals surface area contributed by atoms with E-state index < -0.39 is 11.5 Å². The number of aryl methyl sites for hydroxylation is 1. The van der Waals surface area contributed by atoms with Crippen molar-refractivity contribution in [2.24, 2.45) is 5.92 Å². The summed E-state index contributed by atoms with van der Waals surface area (Å²) < 4.78 is 5.63. The van der Waals surface area contributed by atoms with Crippen LogP contribution in [0.15, 0.2) is 24.3 Å². The van der Waals surface area contributed by atoms with Crippen molar-refractivity contribution >= 4 is 39.8 Å². The van der Waals surface area contributed by atoms with Gasteiger partial charge in [-0.05, 0) is 63.3 Å². The van der Waals surface area contributed by atoms with E-state index in [9.17, 15) is 19.6 Å². The Morgan fingerprint density at radius 3 is 2.66 bits per heavy atom. The Labute approximate surface area is 190 Å². The highest BCUT2D eigenvalue weighted by atomic mass is 32.1. The molecule has 2 heterocycles. The van der Waals surface area contributed by atoms with E-state index in [0.29, 0.717) is 34.7 Å². The van der Waals surface area contributed by atoms with Crippen LogP contribution < -0.4 is 10.6 Å².